The fraction of sp³-hybridized carbons (Fsp3) is 0.176. The quantitative estimate of drug-likeness (QED) is 0.941. The Hall–Kier alpha value is -2.82. The van der Waals surface area contributed by atoms with E-state index in [0.717, 1.165) is 16.9 Å². The SMILES string of the molecule is COc1ccc(CN2Cc3cc(C(=O)O)ccc3C2=O)cc1. The first-order valence-corrected chi connectivity index (χ1v) is 6.87. The number of carboxylic acid groups (broad SMARTS) is 1. The van der Waals surface area contributed by atoms with Gasteiger partial charge in [0.25, 0.3) is 5.91 Å². The van der Waals surface area contributed by atoms with E-state index in [1.165, 1.54) is 6.07 Å². The highest BCUT2D eigenvalue weighted by Crippen LogP contribution is 2.26. The predicted molar refractivity (Wildman–Crippen MR) is 80.0 cm³/mol. The summed E-state index contributed by atoms with van der Waals surface area (Å²) >= 11 is 0. The van der Waals surface area contributed by atoms with Gasteiger partial charge < -0.3 is 14.7 Å². The Balaban J connectivity index is 1.79. The van der Waals surface area contributed by atoms with Gasteiger partial charge in [0.05, 0.1) is 12.7 Å². The lowest BCUT2D eigenvalue weighted by molar-refractivity contribution is 0.0695. The molecule has 0 aromatic heterocycles. The molecule has 0 atom stereocenters. The van der Waals surface area contributed by atoms with Gasteiger partial charge in [0.2, 0.25) is 0 Å². The summed E-state index contributed by atoms with van der Waals surface area (Å²) in [5.74, 6) is -0.280. The molecular formula is C17H15NO4. The van der Waals surface area contributed by atoms with Crippen LogP contribution in [0.1, 0.15) is 31.8 Å². The molecule has 1 N–H and O–H groups in total. The van der Waals surface area contributed by atoms with Crippen LogP contribution in [0.3, 0.4) is 0 Å². The van der Waals surface area contributed by atoms with E-state index in [9.17, 15) is 9.59 Å². The fourth-order valence-electron chi connectivity index (χ4n) is 2.59. The van der Waals surface area contributed by atoms with Crippen molar-refractivity contribution in [1.82, 2.24) is 4.90 Å². The van der Waals surface area contributed by atoms with E-state index >= 15 is 0 Å². The van der Waals surface area contributed by atoms with Gasteiger partial charge in [0.15, 0.2) is 0 Å². The molecule has 3 rings (SSSR count). The molecule has 2 aromatic carbocycles. The third kappa shape index (κ3) is 2.53. The lowest BCUT2D eigenvalue weighted by atomic mass is 10.1. The topological polar surface area (TPSA) is 66.8 Å². The van der Waals surface area contributed by atoms with E-state index < -0.39 is 5.97 Å². The summed E-state index contributed by atoms with van der Waals surface area (Å²) in [7, 11) is 1.61. The van der Waals surface area contributed by atoms with Crippen LogP contribution in [-0.4, -0.2) is 29.0 Å². The molecular weight excluding hydrogens is 282 g/mol. The van der Waals surface area contributed by atoms with E-state index in [2.05, 4.69) is 0 Å². The summed E-state index contributed by atoms with van der Waals surface area (Å²) < 4.78 is 5.11. The van der Waals surface area contributed by atoms with Crippen LogP contribution < -0.4 is 4.74 Å². The van der Waals surface area contributed by atoms with Crippen LogP contribution in [0, 0.1) is 0 Å². The normalized spacial score (nSPS) is 13.1. The van der Waals surface area contributed by atoms with Crippen LogP contribution in [-0.2, 0) is 13.1 Å². The molecule has 0 bridgehead atoms. The number of hydrogen-bond donors (Lipinski definition) is 1. The first-order chi connectivity index (χ1) is 10.6. The predicted octanol–water partition coefficient (Wildman–Crippen LogP) is 2.55. The third-order valence-electron chi connectivity index (χ3n) is 3.76. The number of carbonyl (C=O) groups excluding carboxylic acids is 1. The van der Waals surface area contributed by atoms with Crippen LogP contribution >= 0.6 is 0 Å². The van der Waals surface area contributed by atoms with Crippen LogP contribution in [0.2, 0.25) is 0 Å². The van der Waals surface area contributed by atoms with Gasteiger partial charge in [-0.05, 0) is 41.5 Å². The average molecular weight is 297 g/mol. The van der Waals surface area contributed by atoms with Crippen molar-refractivity contribution in [3.8, 4) is 5.75 Å². The monoisotopic (exact) mass is 297 g/mol. The number of ether oxygens (including phenoxy) is 1. The van der Waals surface area contributed by atoms with E-state index in [4.69, 9.17) is 9.84 Å². The van der Waals surface area contributed by atoms with Crippen LogP contribution in [0.15, 0.2) is 42.5 Å². The fourth-order valence-corrected chi connectivity index (χ4v) is 2.59. The maximum Gasteiger partial charge on any atom is 0.335 e. The Morgan fingerprint density at radius 3 is 2.59 bits per heavy atom. The molecule has 0 saturated carbocycles. The standard InChI is InChI=1S/C17H15NO4/c1-22-14-5-2-11(3-6-14)9-18-10-13-8-12(17(20)21)4-7-15(13)16(18)19/h2-8H,9-10H2,1H3,(H,20,21). The van der Waals surface area contributed by atoms with Gasteiger partial charge in [-0.15, -0.1) is 0 Å². The third-order valence-corrected chi connectivity index (χ3v) is 3.76. The van der Waals surface area contributed by atoms with Gasteiger partial charge in [-0.2, -0.15) is 0 Å². The second-order valence-corrected chi connectivity index (χ2v) is 5.19. The largest absolute Gasteiger partial charge is 0.497 e. The van der Waals surface area contributed by atoms with Gasteiger partial charge >= 0.3 is 5.97 Å². The Morgan fingerprint density at radius 2 is 1.95 bits per heavy atom. The smallest absolute Gasteiger partial charge is 0.335 e. The number of carbonyl (C=O) groups is 2. The van der Waals surface area contributed by atoms with E-state index in [0.29, 0.717) is 18.7 Å². The summed E-state index contributed by atoms with van der Waals surface area (Å²) in [6.07, 6.45) is 0. The molecule has 0 saturated heterocycles. The van der Waals surface area contributed by atoms with Crippen molar-refractivity contribution in [3.63, 3.8) is 0 Å². The Kier molecular flexibility index (Phi) is 3.55. The first-order valence-electron chi connectivity index (χ1n) is 6.87. The first kappa shape index (κ1) is 14.1. The lowest BCUT2D eigenvalue weighted by Crippen LogP contribution is -2.23. The number of aromatic carboxylic acids is 1. The molecule has 0 aliphatic carbocycles. The summed E-state index contributed by atoms with van der Waals surface area (Å²) in [4.78, 5) is 25.1. The molecule has 0 unspecified atom stereocenters. The highest BCUT2D eigenvalue weighted by Gasteiger charge is 2.27. The molecule has 1 aliphatic rings. The van der Waals surface area contributed by atoms with Crippen molar-refractivity contribution in [2.24, 2.45) is 0 Å². The minimum atomic E-state index is -0.983. The number of hydrogen-bond acceptors (Lipinski definition) is 3. The minimum Gasteiger partial charge on any atom is -0.497 e. The van der Waals surface area contributed by atoms with Gasteiger partial charge in [0.1, 0.15) is 5.75 Å². The maximum atomic E-state index is 12.4. The van der Waals surface area contributed by atoms with Gasteiger partial charge in [-0.3, -0.25) is 4.79 Å². The molecule has 2 aromatic rings. The number of fused-ring (bicyclic) bond motifs is 1. The highest BCUT2D eigenvalue weighted by atomic mass is 16.5. The molecule has 0 radical (unpaired) electrons. The van der Waals surface area contributed by atoms with Crippen molar-refractivity contribution in [2.75, 3.05) is 7.11 Å². The van der Waals surface area contributed by atoms with E-state index in [1.54, 1.807) is 24.1 Å². The zero-order chi connectivity index (χ0) is 15.7. The van der Waals surface area contributed by atoms with Crippen molar-refractivity contribution in [3.05, 3.63) is 64.7 Å². The molecule has 1 aliphatic heterocycles. The number of carboxylic acids is 1. The summed E-state index contributed by atoms with van der Waals surface area (Å²) in [6, 6.07) is 12.2. The van der Waals surface area contributed by atoms with Crippen LogP contribution in [0.5, 0.6) is 5.75 Å². The molecule has 5 nitrogen and oxygen atoms in total. The number of benzene rings is 2. The Bertz CT molecular complexity index is 737. The summed E-state index contributed by atoms with van der Waals surface area (Å²) in [5.41, 5.74) is 2.55. The van der Waals surface area contributed by atoms with Gasteiger partial charge in [-0.25, -0.2) is 4.79 Å². The van der Waals surface area contributed by atoms with Gasteiger partial charge in [-0.1, -0.05) is 12.1 Å². The van der Waals surface area contributed by atoms with E-state index in [1.807, 2.05) is 24.3 Å². The molecule has 1 amide bonds. The zero-order valence-corrected chi connectivity index (χ0v) is 12.1. The zero-order valence-electron chi connectivity index (χ0n) is 12.1. The van der Waals surface area contributed by atoms with Crippen LogP contribution in [0.25, 0.3) is 0 Å². The summed E-state index contributed by atoms with van der Waals surface area (Å²) in [6.45, 7) is 0.918. The average Bonchev–Trinajstić information content (AvgIpc) is 2.84. The highest BCUT2D eigenvalue weighted by molar-refractivity contribution is 5.99. The Morgan fingerprint density at radius 1 is 1.23 bits per heavy atom. The molecule has 1 heterocycles. The molecule has 112 valence electrons. The van der Waals surface area contributed by atoms with Crippen molar-refractivity contribution in [2.45, 2.75) is 13.1 Å². The molecule has 0 fully saturated rings. The van der Waals surface area contributed by atoms with E-state index in [-0.39, 0.29) is 11.5 Å². The van der Waals surface area contributed by atoms with Crippen molar-refractivity contribution >= 4 is 11.9 Å². The van der Waals surface area contributed by atoms with Crippen LogP contribution in [0.4, 0.5) is 0 Å². The number of amides is 1. The maximum absolute atomic E-state index is 12.4. The minimum absolute atomic E-state index is 0.0669. The van der Waals surface area contributed by atoms with Crippen molar-refractivity contribution in [1.29, 1.82) is 0 Å². The number of methoxy groups -OCH3 is 1. The number of rotatable bonds is 4. The Labute approximate surface area is 127 Å². The number of nitrogens with zero attached hydrogens (tertiary/aromatic N) is 1. The summed E-state index contributed by atoms with van der Waals surface area (Å²) in [5, 5.41) is 9.02. The lowest BCUT2D eigenvalue weighted by Gasteiger charge is -2.15. The molecule has 0 spiro atoms. The second kappa shape index (κ2) is 5.52. The molecule has 22 heavy (non-hydrogen) atoms. The van der Waals surface area contributed by atoms with Crippen molar-refractivity contribution < 1.29 is 19.4 Å². The van der Waals surface area contributed by atoms with Gasteiger partial charge in [0, 0.05) is 18.7 Å². The molecule has 5 heteroatoms. The second-order valence-electron chi connectivity index (χ2n) is 5.19.